The summed E-state index contributed by atoms with van der Waals surface area (Å²) in [5.74, 6) is 0.177. The van der Waals surface area contributed by atoms with Gasteiger partial charge in [0.05, 0.1) is 11.4 Å². The highest BCUT2D eigenvalue weighted by atomic mass is 16.2. The van der Waals surface area contributed by atoms with Crippen LogP contribution in [0.4, 0.5) is 11.4 Å². The van der Waals surface area contributed by atoms with E-state index < -0.39 is 0 Å². The monoisotopic (exact) mass is 285 g/mol. The summed E-state index contributed by atoms with van der Waals surface area (Å²) in [6, 6.07) is 8.06. The number of aromatic nitrogens is 3. The molecule has 2 heterocycles. The maximum absolute atomic E-state index is 12.5. The fraction of sp³-hybridized carbons (Fsp3) is 0.400. The van der Waals surface area contributed by atoms with E-state index in [9.17, 15) is 4.79 Å². The molecule has 1 aliphatic rings. The maximum Gasteiger partial charge on any atom is 0.227 e. The van der Waals surface area contributed by atoms with E-state index in [1.807, 2.05) is 23.1 Å². The normalized spacial score (nSPS) is 14.1. The van der Waals surface area contributed by atoms with Gasteiger partial charge in [0.15, 0.2) is 0 Å². The second kappa shape index (κ2) is 5.95. The molecule has 0 spiro atoms. The van der Waals surface area contributed by atoms with Gasteiger partial charge in [0, 0.05) is 33.1 Å². The van der Waals surface area contributed by atoms with E-state index in [4.69, 9.17) is 0 Å². The highest BCUT2D eigenvalue weighted by Crippen LogP contribution is 2.32. The first-order chi connectivity index (χ1) is 10.3. The van der Waals surface area contributed by atoms with Gasteiger partial charge in [0.2, 0.25) is 5.91 Å². The van der Waals surface area contributed by atoms with Crippen LogP contribution in [0.1, 0.15) is 12.8 Å². The van der Waals surface area contributed by atoms with E-state index in [0.29, 0.717) is 6.42 Å². The van der Waals surface area contributed by atoms with E-state index in [1.165, 1.54) is 6.33 Å². The van der Waals surface area contributed by atoms with Crippen LogP contribution in [0.3, 0.4) is 0 Å². The van der Waals surface area contributed by atoms with Crippen LogP contribution in [0.5, 0.6) is 0 Å². The molecule has 0 atom stereocenters. The van der Waals surface area contributed by atoms with Crippen molar-refractivity contribution >= 4 is 17.3 Å². The van der Waals surface area contributed by atoms with Gasteiger partial charge in [-0.3, -0.25) is 9.48 Å². The quantitative estimate of drug-likeness (QED) is 0.855. The highest BCUT2D eigenvalue weighted by molar-refractivity contribution is 5.97. The zero-order valence-corrected chi connectivity index (χ0v) is 12.1. The zero-order valence-electron chi connectivity index (χ0n) is 12.1. The van der Waals surface area contributed by atoms with Crippen LogP contribution in [-0.4, -0.2) is 40.8 Å². The number of carbonyl (C=O) groups excluding carboxylic acids is 1. The van der Waals surface area contributed by atoms with Gasteiger partial charge in [-0.1, -0.05) is 12.1 Å². The molecule has 1 aromatic carbocycles. The van der Waals surface area contributed by atoms with Crippen molar-refractivity contribution in [1.82, 2.24) is 14.8 Å². The van der Waals surface area contributed by atoms with Crippen LogP contribution in [0.15, 0.2) is 36.9 Å². The summed E-state index contributed by atoms with van der Waals surface area (Å²) in [7, 11) is 2.06. The molecule has 1 aliphatic heterocycles. The topological polar surface area (TPSA) is 54.3 Å². The Labute approximate surface area is 124 Å². The van der Waals surface area contributed by atoms with E-state index >= 15 is 0 Å². The highest BCUT2D eigenvalue weighted by Gasteiger charge is 2.24. The molecule has 2 aromatic rings. The number of rotatable bonds is 4. The minimum atomic E-state index is 0.177. The fourth-order valence-electron chi connectivity index (χ4n) is 2.64. The Kier molecular flexibility index (Phi) is 3.85. The number of hydrogen-bond acceptors (Lipinski definition) is 4. The number of benzene rings is 1. The third-order valence-corrected chi connectivity index (χ3v) is 3.79. The molecule has 0 saturated heterocycles. The molecule has 0 saturated carbocycles. The molecule has 0 unspecified atom stereocenters. The van der Waals surface area contributed by atoms with E-state index in [1.54, 1.807) is 11.0 Å². The Morgan fingerprint density at radius 2 is 2.05 bits per heavy atom. The summed E-state index contributed by atoms with van der Waals surface area (Å²) in [5.41, 5.74) is 2.13. The summed E-state index contributed by atoms with van der Waals surface area (Å²) < 4.78 is 1.76. The Hall–Kier alpha value is -2.37. The van der Waals surface area contributed by atoms with Gasteiger partial charge in [0.25, 0.3) is 0 Å². The number of likely N-dealkylation sites (N-methyl/N-ethyl adjacent to an activating group) is 1. The standard InChI is InChI=1S/C15H19N5O/c1-18-9-10-20(14-6-3-2-5-13(14)18)15(21)7-4-8-19-12-16-11-17-19/h2-3,5-6,11-12H,4,7-10H2,1H3. The Morgan fingerprint density at radius 1 is 1.24 bits per heavy atom. The molecule has 6 nitrogen and oxygen atoms in total. The number of aryl methyl sites for hydroxylation is 1. The molecule has 0 aliphatic carbocycles. The third kappa shape index (κ3) is 2.89. The lowest BCUT2D eigenvalue weighted by Crippen LogP contribution is -2.42. The SMILES string of the molecule is CN1CCN(C(=O)CCCn2cncn2)c2ccccc21. The van der Waals surface area contributed by atoms with Crippen molar-refractivity contribution in [3.8, 4) is 0 Å². The minimum Gasteiger partial charge on any atom is -0.371 e. The third-order valence-electron chi connectivity index (χ3n) is 3.79. The van der Waals surface area contributed by atoms with Crippen molar-refractivity contribution in [3.05, 3.63) is 36.9 Å². The molecule has 3 rings (SSSR count). The number of amides is 1. The summed E-state index contributed by atoms with van der Waals surface area (Å²) >= 11 is 0. The molecule has 1 aromatic heterocycles. The molecule has 110 valence electrons. The van der Waals surface area contributed by atoms with Crippen molar-refractivity contribution in [3.63, 3.8) is 0 Å². The molecule has 0 fully saturated rings. The van der Waals surface area contributed by atoms with Crippen molar-refractivity contribution in [2.24, 2.45) is 0 Å². The lowest BCUT2D eigenvalue weighted by Gasteiger charge is -2.35. The lowest BCUT2D eigenvalue weighted by atomic mass is 10.1. The molecule has 21 heavy (non-hydrogen) atoms. The predicted octanol–water partition coefficient (Wildman–Crippen LogP) is 1.54. The number of para-hydroxylation sites is 2. The molecule has 0 radical (unpaired) electrons. The first kappa shape index (κ1) is 13.6. The van der Waals surface area contributed by atoms with Gasteiger partial charge < -0.3 is 9.80 Å². The van der Waals surface area contributed by atoms with Gasteiger partial charge in [-0.05, 0) is 18.6 Å². The Balaban J connectivity index is 1.64. The van der Waals surface area contributed by atoms with Crippen LogP contribution in [0, 0.1) is 0 Å². The largest absolute Gasteiger partial charge is 0.371 e. The Morgan fingerprint density at radius 3 is 2.81 bits per heavy atom. The molecule has 0 bridgehead atoms. The number of fused-ring (bicyclic) bond motifs is 1. The molecule has 0 N–H and O–H groups in total. The predicted molar refractivity (Wildman–Crippen MR) is 81.3 cm³/mol. The van der Waals surface area contributed by atoms with Gasteiger partial charge in [-0.2, -0.15) is 5.10 Å². The average molecular weight is 285 g/mol. The van der Waals surface area contributed by atoms with Gasteiger partial charge in [-0.25, -0.2) is 4.98 Å². The van der Waals surface area contributed by atoms with E-state index in [2.05, 4.69) is 28.1 Å². The van der Waals surface area contributed by atoms with Crippen LogP contribution < -0.4 is 9.80 Å². The van der Waals surface area contributed by atoms with Crippen molar-refractivity contribution < 1.29 is 4.79 Å². The number of hydrogen-bond donors (Lipinski definition) is 0. The first-order valence-electron chi connectivity index (χ1n) is 7.18. The second-order valence-electron chi connectivity index (χ2n) is 5.22. The van der Waals surface area contributed by atoms with E-state index in [-0.39, 0.29) is 5.91 Å². The molecular formula is C15H19N5O. The van der Waals surface area contributed by atoms with Crippen molar-refractivity contribution in [2.45, 2.75) is 19.4 Å². The molecular weight excluding hydrogens is 266 g/mol. The van der Waals surface area contributed by atoms with Crippen LogP contribution in [0.2, 0.25) is 0 Å². The van der Waals surface area contributed by atoms with Crippen LogP contribution in [-0.2, 0) is 11.3 Å². The number of anilines is 2. The van der Waals surface area contributed by atoms with E-state index in [0.717, 1.165) is 37.4 Å². The molecule has 1 amide bonds. The Bertz CT molecular complexity index is 610. The van der Waals surface area contributed by atoms with Gasteiger partial charge in [0.1, 0.15) is 12.7 Å². The zero-order chi connectivity index (χ0) is 14.7. The van der Waals surface area contributed by atoms with Crippen LogP contribution >= 0.6 is 0 Å². The second-order valence-corrected chi connectivity index (χ2v) is 5.22. The van der Waals surface area contributed by atoms with Crippen molar-refractivity contribution in [1.29, 1.82) is 0 Å². The average Bonchev–Trinajstić information content (AvgIpc) is 3.01. The number of nitrogens with zero attached hydrogens (tertiary/aromatic N) is 5. The lowest BCUT2D eigenvalue weighted by molar-refractivity contribution is -0.118. The van der Waals surface area contributed by atoms with Gasteiger partial charge >= 0.3 is 0 Å². The summed E-state index contributed by atoms with van der Waals surface area (Å²) in [4.78, 5) is 20.4. The van der Waals surface area contributed by atoms with Crippen LogP contribution in [0.25, 0.3) is 0 Å². The summed E-state index contributed by atoms with van der Waals surface area (Å²) in [6.45, 7) is 2.34. The summed E-state index contributed by atoms with van der Waals surface area (Å²) in [6.07, 6.45) is 4.49. The van der Waals surface area contributed by atoms with Gasteiger partial charge in [-0.15, -0.1) is 0 Å². The maximum atomic E-state index is 12.5. The first-order valence-corrected chi connectivity index (χ1v) is 7.18. The van der Waals surface area contributed by atoms with Crippen molar-refractivity contribution in [2.75, 3.05) is 29.9 Å². The minimum absolute atomic E-state index is 0.177. The fourth-order valence-corrected chi connectivity index (χ4v) is 2.64. The summed E-state index contributed by atoms with van der Waals surface area (Å²) in [5, 5.41) is 4.05. The smallest absolute Gasteiger partial charge is 0.227 e. The number of carbonyl (C=O) groups is 1. The molecule has 6 heteroatoms.